The molecule has 0 aromatic carbocycles. The molecule has 0 atom stereocenters. The highest BCUT2D eigenvalue weighted by Crippen LogP contribution is 2.21. The van der Waals surface area contributed by atoms with E-state index in [4.69, 9.17) is 5.11 Å². The highest BCUT2D eigenvalue weighted by atomic mass is 16.6. The number of aromatic nitrogens is 1. The molecule has 21 heavy (non-hydrogen) atoms. The number of carboxylic acids is 1. The summed E-state index contributed by atoms with van der Waals surface area (Å²) < 4.78 is 0. The predicted molar refractivity (Wildman–Crippen MR) is 74.4 cm³/mol. The Bertz CT molecular complexity index is 573. The molecule has 9 heteroatoms. The van der Waals surface area contributed by atoms with Crippen LogP contribution in [0.15, 0.2) is 12.3 Å². The van der Waals surface area contributed by atoms with Crippen LogP contribution in [0.25, 0.3) is 0 Å². The molecule has 0 aliphatic carbocycles. The Morgan fingerprint density at radius 1 is 1.52 bits per heavy atom. The predicted octanol–water partition coefficient (Wildman–Crippen LogP) is 0.649. The maximum absolute atomic E-state index is 11.7. The van der Waals surface area contributed by atoms with Gasteiger partial charge in [-0.2, -0.15) is 0 Å². The Labute approximate surface area is 120 Å². The molecule has 114 valence electrons. The number of carbonyl (C=O) groups excluding carboxylic acids is 1. The summed E-state index contributed by atoms with van der Waals surface area (Å²) in [4.78, 5) is 37.9. The first-order valence-corrected chi connectivity index (χ1v) is 6.10. The Morgan fingerprint density at radius 3 is 2.62 bits per heavy atom. The molecule has 0 radical (unpaired) electrons. The molecule has 2 N–H and O–H groups in total. The largest absolute Gasteiger partial charge is 0.478 e. The molecule has 0 saturated heterocycles. The number of amides is 1. The van der Waals surface area contributed by atoms with Gasteiger partial charge >= 0.3 is 5.97 Å². The van der Waals surface area contributed by atoms with Gasteiger partial charge in [-0.1, -0.05) is 0 Å². The fraction of sp³-hybridized carbons (Fsp3) is 0.417. The number of pyridine rings is 1. The summed E-state index contributed by atoms with van der Waals surface area (Å²) in [5, 5.41) is 22.4. The Morgan fingerprint density at radius 2 is 2.14 bits per heavy atom. The van der Waals surface area contributed by atoms with Crippen molar-refractivity contribution < 1.29 is 19.6 Å². The normalized spacial score (nSPS) is 10.3. The molecule has 0 fully saturated rings. The number of carboxylic acid groups (broad SMARTS) is 1. The number of hydrogen-bond donors (Lipinski definition) is 2. The van der Waals surface area contributed by atoms with Crippen molar-refractivity contribution in [3.63, 3.8) is 0 Å². The number of aromatic carboxylic acids is 1. The van der Waals surface area contributed by atoms with Crippen LogP contribution in [0, 0.1) is 10.1 Å². The highest BCUT2D eigenvalue weighted by molar-refractivity contribution is 5.94. The van der Waals surface area contributed by atoms with E-state index in [9.17, 15) is 19.7 Å². The Kier molecular flexibility index (Phi) is 5.17. The molecule has 0 aliphatic rings. The molecule has 1 rings (SSSR count). The van der Waals surface area contributed by atoms with Gasteiger partial charge < -0.3 is 15.3 Å². The molecule has 9 nitrogen and oxygen atoms in total. The standard InChI is InChI=1S/C12H16N4O5/c1-7(2)14-10(17)6-15(3)11-9(12(18)19)4-8(5-13-11)16(20)21/h4-5,7H,6H2,1-3H3,(H,14,17)(H,18,19). The minimum atomic E-state index is -1.35. The number of hydrogen-bond acceptors (Lipinski definition) is 6. The van der Waals surface area contributed by atoms with Gasteiger partial charge in [-0.15, -0.1) is 0 Å². The molecule has 1 heterocycles. The van der Waals surface area contributed by atoms with E-state index in [0.717, 1.165) is 12.3 Å². The highest BCUT2D eigenvalue weighted by Gasteiger charge is 2.21. The lowest BCUT2D eigenvalue weighted by molar-refractivity contribution is -0.385. The molecule has 0 saturated carbocycles. The maximum Gasteiger partial charge on any atom is 0.339 e. The molecule has 1 aromatic rings. The number of nitrogens with zero attached hydrogens (tertiary/aromatic N) is 3. The average molecular weight is 296 g/mol. The maximum atomic E-state index is 11.7. The number of carbonyl (C=O) groups is 2. The lowest BCUT2D eigenvalue weighted by Crippen LogP contribution is -2.39. The Balaban J connectivity index is 3.03. The molecule has 0 spiro atoms. The molecule has 1 amide bonds. The van der Waals surface area contributed by atoms with Crippen molar-refractivity contribution in [2.24, 2.45) is 0 Å². The van der Waals surface area contributed by atoms with Gasteiger partial charge in [0.05, 0.1) is 11.5 Å². The number of anilines is 1. The van der Waals surface area contributed by atoms with Crippen LogP contribution in [0.2, 0.25) is 0 Å². The number of rotatable bonds is 6. The third kappa shape index (κ3) is 4.41. The van der Waals surface area contributed by atoms with Crippen molar-refractivity contribution in [3.8, 4) is 0 Å². The summed E-state index contributed by atoms with van der Waals surface area (Å²) in [7, 11) is 1.49. The van der Waals surface area contributed by atoms with Crippen LogP contribution in [0.5, 0.6) is 0 Å². The summed E-state index contributed by atoms with van der Waals surface area (Å²) in [5.41, 5.74) is -0.750. The Hall–Kier alpha value is -2.71. The summed E-state index contributed by atoms with van der Waals surface area (Å²) in [5.74, 6) is -1.66. The van der Waals surface area contributed by atoms with Gasteiger partial charge in [0.2, 0.25) is 5.91 Å². The fourth-order valence-corrected chi connectivity index (χ4v) is 1.67. The van der Waals surface area contributed by atoms with Crippen molar-refractivity contribution in [1.82, 2.24) is 10.3 Å². The second-order valence-corrected chi connectivity index (χ2v) is 4.71. The van der Waals surface area contributed by atoms with Crippen molar-refractivity contribution in [2.45, 2.75) is 19.9 Å². The molecule has 0 aliphatic heterocycles. The zero-order valence-corrected chi connectivity index (χ0v) is 11.9. The van der Waals surface area contributed by atoms with E-state index in [0.29, 0.717) is 0 Å². The molecular weight excluding hydrogens is 280 g/mol. The molecule has 0 unspecified atom stereocenters. The zero-order chi connectivity index (χ0) is 16.2. The van der Waals surface area contributed by atoms with Crippen molar-refractivity contribution in [1.29, 1.82) is 0 Å². The van der Waals surface area contributed by atoms with Gasteiger partial charge in [0.15, 0.2) is 0 Å². The van der Waals surface area contributed by atoms with E-state index in [-0.39, 0.29) is 29.9 Å². The van der Waals surface area contributed by atoms with Gasteiger partial charge in [0.1, 0.15) is 17.6 Å². The lowest BCUT2D eigenvalue weighted by Gasteiger charge is -2.20. The summed E-state index contributed by atoms with van der Waals surface area (Å²) >= 11 is 0. The smallest absolute Gasteiger partial charge is 0.339 e. The third-order valence-corrected chi connectivity index (χ3v) is 2.49. The van der Waals surface area contributed by atoms with Crippen LogP contribution < -0.4 is 10.2 Å². The average Bonchev–Trinajstić information content (AvgIpc) is 2.36. The lowest BCUT2D eigenvalue weighted by atomic mass is 10.2. The third-order valence-electron chi connectivity index (χ3n) is 2.49. The van der Waals surface area contributed by atoms with Crippen LogP contribution in [-0.2, 0) is 4.79 Å². The van der Waals surface area contributed by atoms with Gasteiger partial charge in [-0.25, -0.2) is 9.78 Å². The summed E-state index contributed by atoms with van der Waals surface area (Å²) in [6, 6.07) is 0.872. The number of likely N-dealkylation sites (N-methyl/N-ethyl adjacent to an activating group) is 1. The molecule has 1 aromatic heterocycles. The first-order valence-electron chi connectivity index (χ1n) is 6.10. The second kappa shape index (κ2) is 6.64. The van der Waals surface area contributed by atoms with Crippen LogP contribution in [-0.4, -0.2) is 46.5 Å². The van der Waals surface area contributed by atoms with E-state index in [1.165, 1.54) is 11.9 Å². The zero-order valence-electron chi connectivity index (χ0n) is 11.9. The number of nitrogens with one attached hydrogen (secondary N) is 1. The fourth-order valence-electron chi connectivity index (χ4n) is 1.67. The van der Waals surface area contributed by atoms with Gasteiger partial charge in [0.25, 0.3) is 5.69 Å². The minimum absolute atomic E-state index is 0.00740. The second-order valence-electron chi connectivity index (χ2n) is 4.71. The SMILES string of the molecule is CC(C)NC(=O)CN(C)c1ncc([N+](=O)[O-])cc1C(=O)O. The minimum Gasteiger partial charge on any atom is -0.478 e. The van der Waals surface area contributed by atoms with Crippen LogP contribution in [0.3, 0.4) is 0 Å². The van der Waals surface area contributed by atoms with E-state index < -0.39 is 16.6 Å². The van der Waals surface area contributed by atoms with Crippen molar-refractivity contribution in [3.05, 3.63) is 27.9 Å². The van der Waals surface area contributed by atoms with Crippen LogP contribution in [0.1, 0.15) is 24.2 Å². The number of nitro groups is 1. The first kappa shape index (κ1) is 16.3. The topological polar surface area (TPSA) is 126 Å². The molecular formula is C12H16N4O5. The summed E-state index contributed by atoms with van der Waals surface area (Å²) in [6.45, 7) is 3.48. The summed E-state index contributed by atoms with van der Waals surface area (Å²) in [6.07, 6.45) is 0.957. The quantitative estimate of drug-likeness (QED) is 0.583. The van der Waals surface area contributed by atoms with Gasteiger partial charge in [-0.3, -0.25) is 14.9 Å². The van der Waals surface area contributed by atoms with E-state index >= 15 is 0 Å². The van der Waals surface area contributed by atoms with Crippen LogP contribution in [0.4, 0.5) is 11.5 Å². The van der Waals surface area contributed by atoms with Crippen LogP contribution >= 0.6 is 0 Å². The van der Waals surface area contributed by atoms with Gasteiger partial charge in [0, 0.05) is 19.2 Å². The van der Waals surface area contributed by atoms with Crippen molar-refractivity contribution in [2.75, 3.05) is 18.5 Å². The van der Waals surface area contributed by atoms with E-state index in [1.54, 1.807) is 13.8 Å². The van der Waals surface area contributed by atoms with E-state index in [2.05, 4.69) is 10.3 Å². The van der Waals surface area contributed by atoms with E-state index in [1.807, 2.05) is 0 Å². The molecule has 0 bridgehead atoms. The first-order chi connectivity index (χ1) is 9.72. The van der Waals surface area contributed by atoms with Crippen molar-refractivity contribution >= 4 is 23.4 Å². The monoisotopic (exact) mass is 296 g/mol. The van der Waals surface area contributed by atoms with Gasteiger partial charge in [-0.05, 0) is 13.8 Å².